The maximum atomic E-state index is 14.1. The Bertz CT molecular complexity index is 1540. The van der Waals surface area contributed by atoms with E-state index in [2.05, 4.69) is 10.2 Å². The van der Waals surface area contributed by atoms with Gasteiger partial charge in [-0.1, -0.05) is 18.2 Å². The summed E-state index contributed by atoms with van der Waals surface area (Å²) in [5, 5.41) is 3.86. The second kappa shape index (κ2) is 12.3. The predicted molar refractivity (Wildman–Crippen MR) is 162 cm³/mol. The molecular weight excluding hydrogens is 536 g/mol. The summed E-state index contributed by atoms with van der Waals surface area (Å²) in [6, 6.07) is 21.3. The van der Waals surface area contributed by atoms with E-state index in [1.54, 1.807) is 24.5 Å². The van der Waals surface area contributed by atoms with Crippen molar-refractivity contribution in [2.75, 3.05) is 40.0 Å². The molecule has 1 aromatic heterocycles. The van der Waals surface area contributed by atoms with Crippen LogP contribution in [0.2, 0.25) is 0 Å². The van der Waals surface area contributed by atoms with Gasteiger partial charge in [-0.2, -0.15) is 0 Å². The summed E-state index contributed by atoms with van der Waals surface area (Å²) in [7, 11) is 1.60. The van der Waals surface area contributed by atoms with E-state index in [0.717, 1.165) is 52.3 Å². The molecule has 41 heavy (non-hydrogen) atoms. The number of amides is 1. The third kappa shape index (κ3) is 6.09. The zero-order chi connectivity index (χ0) is 28.2. The van der Waals surface area contributed by atoms with Gasteiger partial charge in [0.15, 0.2) is 17.3 Å². The maximum Gasteiger partial charge on any atom is 0.220 e. The molecule has 4 aromatic rings. The van der Waals surface area contributed by atoms with E-state index in [0.29, 0.717) is 42.3 Å². The molecule has 0 spiro atoms. The second-order valence-electron chi connectivity index (χ2n) is 10.5. The summed E-state index contributed by atoms with van der Waals surface area (Å²) in [4.78, 5) is 28.8. The molecule has 0 radical (unpaired) electrons. The Morgan fingerprint density at radius 2 is 1.80 bits per heavy atom. The fourth-order valence-electron chi connectivity index (χ4n) is 5.54. The number of benzene rings is 3. The molecule has 1 N–H and O–H groups in total. The molecule has 7 nitrogen and oxygen atoms in total. The normalized spacial score (nSPS) is 17.1. The van der Waals surface area contributed by atoms with E-state index in [1.165, 1.54) is 12.8 Å². The van der Waals surface area contributed by atoms with E-state index in [-0.39, 0.29) is 17.7 Å². The number of hydrogen-bond donors (Lipinski definition) is 1. The molecule has 2 fully saturated rings. The molecule has 2 aliphatic rings. The molecule has 1 unspecified atom stereocenters. The standard InChI is InChI=1S/C33H34N2O5S/c1-38-28-20-23(10-14-27(28)39-19-18-35-16-4-5-17-35)32(37)31-26-6-2-3-7-29(26)41-33(31)22-8-12-25(13-9-22)40-21-24-11-15-30(36)34-24/h2-3,6-10,12-14,20,24H,4-5,11,15-19,21H2,1H3,(H,34,36). The quantitative estimate of drug-likeness (QED) is 0.225. The fraction of sp³-hybridized carbons (Fsp3) is 0.333. The number of nitrogens with one attached hydrogen (secondary N) is 1. The van der Waals surface area contributed by atoms with Gasteiger partial charge in [0.2, 0.25) is 5.91 Å². The monoisotopic (exact) mass is 570 g/mol. The van der Waals surface area contributed by atoms with Crippen LogP contribution in [-0.4, -0.2) is 62.6 Å². The minimum absolute atomic E-state index is 0.0489. The lowest BCUT2D eigenvalue weighted by Gasteiger charge is -2.16. The van der Waals surface area contributed by atoms with Gasteiger partial charge in [0, 0.05) is 39.1 Å². The number of hydrogen-bond acceptors (Lipinski definition) is 7. The van der Waals surface area contributed by atoms with Crippen LogP contribution in [0.3, 0.4) is 0 Å². The summed E-state index contributed by atoms with van der Waals surface area (Å²) in [6.07, 6.45) is 3.84. The Balaban J connectivity index is 1.23. The highest BCUT2D eigenvalue weighted by Gasteiger charge is 2.24. The molecule has 8 heteroatoms. The van der Waals surface area contributed by atoms with Crippen molar-refractivity contribution in [3.63, 3.8) is 0 Å². The number of carbonyl (C=O) groups excluding carboxylic acids is 2. The van der Waals surface area contributed by atoms with Gasteiger partial charge >= 0.3 is 0 Å². The van der Waals surface area contributed by atoms with Gasteiger partial charge in [0.1, 0.15) is 19.0 Å². The Hall–Kier alpha value is -3.88. The van der Waals surface area contributed by atoms with Gasteiger partial charge in [-0.3, -0.25) is 14.5 Å². The van der Waals surface area contributed by atoms with Gasteiger partial charge < -0.3 is 19.5 Å². The molecule has 6 rings (SSSR count). The number of nitrogens with zero attached hydrogens (tertiary/aromatic N) is 1. The van der Waals surface area contributed by atoms with E-state index < -0.39 is 0 Å². The van der Waals surface area contributed by atoms with Crippen LogP contribution in [0.25, 0.3) is 20.5 Å². The molecule has 3 heterocycles. The van der Waals surface area contributed by atoms with Gasteiger partial charge in [-0.05, 0) is 86.4 Å². The number of fused-ring (bicyclic) bond motifs is 1. The number of rotatable bonds is 11. The Morgan fingerprint density at radius 3 is 2.56 bits per heavy atom. The average molecular weight is 571 g/mol. The lowest BCUT2D eigenvalue weighted by molar-refractivity contribution is -0.119. The van der Waals surface area contributed by atoms with Crippen molar-refractivity contribution >= 4 is 33.1 Å². The van der Waals surface area contributed by atoms with Crippen LogP contribution in [-0.2, 0) is 4.79 Å². The van der Waals surface area contributed by atoms with Gasteiger partial charge in [-0.25, -0.2) is 0 Å². The highest BCUT2D eigenvalue weighted by Crippen LogP contribution is 2.41. The van der Waals surface area contributed by atoms with Crippen molar-refractivity contribution in [3.05, 3.63) is 77.9 Å². The van der Waals surface area contributed by atoms with Crippen molar-refractivity contribution in [1.82, 2.24) is 10.2 Å². The number of thiophene rings is 1. The molecule has 2 saturated heterocycles. The molecule has 0 bridgehead atoms. The van der Waals surface area contributed by atoms with Crippen molar-refractivity contribution in [1.29, 1.82) is 0 Å². The van der Waals surface area contributed by atoms with Gasteiger partial charge in [-0.15, -0.1) is 11.3 Å². The minimum Gasteiger partial charge on any atom is -0.493 e. The van der Waals surface area contributed by atoms with E-state index in [1.807, 2.05) is 60.7 Å². The van der Waals surface area contributed by atoms with Gasteiger partial charge in [0.25, 0.3) is 0 Å². The molecule has 212 valence electrons. The van der Waals surface area contributed by atoms with Gasteiger partial charge in [0.05, 0.1) is 13.2 Å². The first-order valence-electron chi connectivity index (χ1n) is 14.2. The molecule has 1 atom stereocenters. The second-order valence-corrected chi connectivity index (χ2v) is 11.6. The largest absolute Gasteiger partial charge is 0.493 e. The first kappa shape index (κ1) is 27.3. The molecule has 3 aromatic carbocycles. The minimum atomic E-state index is -0.0586. The Kier molecular flexibility index (Phi) is 8.21. The highest BCUT2D eigenvalue weighted by molar-refractivity contribution is 7.22. The van der Waals surface area contributed by atoms with Crippen molar-refractivity contribution in [2.45, 2.75) is 31.7 Å². The zero-order valence-corrected chi connectivity index (χ0v) is 24.0. The third-order valence-electron chi connectivity index (χ3n) is 7.76. The van der Waals surface area contributed by atoms with Crippen LogP contribution in [0.4, 0.5) is 0 Å². The number of ether oxygens (including phenoxy) is 3. The first-order chi connectivity index (χ1) is 20.1. The molecule has 2 aliphatic heterocycles. The Morgan fingerprint density at radius 1 is 1.00 bits per heavy atom. The first-order valence-corrected chi connectivity index (χ1v) is 15.0. The highest BCUT2D eigenvalue weighted by atomic mass is 32.1. The summed E-state index contributed by atoms with van der Waals surface area (Å²) >= 11 is 1.61. The summed E-state index contributed by atoms with van der Waals surface area (Å²) in [6.45, 7) is 4.16. The number of ketones is 1. The summed E-state index contributed by atoms with van der Waals surface area (Å²) < 4.78 is 18.6. The third-order valence-corrected chi connectivity index (χ3v) is 8.98. The van der Waals surface area contributed by atoms with Crippen LogP contribution < -0.4 is 19.5 Å². The van der Waals surface area contributed by atoms with Crippen LogP contribution in [0.5, 0.6) is 17.2 Å². The van der Waals surface area contributed by atoms with Crippen LogP contribution in [0, 0.1) is 0 Å². The lowest BCUT2D eigenvalue weighted by Crippen LogP contribution is -2.30. The molecule has 0 aliphatic carbocycles. The van der Waals surface area contributed by atoms with Crippen LogP contribution >= 0.6 is 11.3 Å². The van der Waals surface area contributed by atoms with E-state index in [9.17, 15) is 9.59 Å². The van der Waals surface area contributed by atoms with Crippen LogP contribution in [0.15, 0.2) is 66.7 Å². The topological polar surface area (TPSA) is 77.1 Å². The molecular formula is C33H34N2O5S. The lowest BCUT2D eigenvalue weighted by atomic mass is 9.97. The molecule has 0 saturated carbocycles. The van der Waals surface area contributed by atoms with E-state index in [4.69, 9.17) is 14.2 Å². The maximum absolute atomic E-state index is 14.1. The number of carbonyl (C=O) groups is 2. The zero-order valence-electron chi connectivity index (χ0n) is 23.2. The number of likely N-dealkylation sites (tertiary alicyclic amines) is 1. The Labute approximate surface area is 244 Å². The van der Waals surface area contributed by atoms with E-state index >= 15 is 0 Å². The SMILES string of the molecule is COc1cc(C(=O)c2c(-c3ccc(OCC4CCC(=O)N4)cc3)sc3ccccc23)ccc1OCCN1CCCC1. The number of methoxy groups -OCH3 is 1. The van der Waals surface area contributed by atoms with Crippen molar-refractivity contribution < 1.29 is 23.8 Å². The molecule has 1 amide bonds. The van der Waals surface area contributed by atoms with Crippen molar-refractivity contribution in [3.8, 4) is 27.7 Å². The summed E-state index contributed by atoms with van der Waals surface area (Å²) in [5.41, 5.74) is 2.18. The smallest absolute Gasteiger partial charge is 0.220 e. The fourth-order valence-corrected chi connectivity index (χ4v) is 6.74. The van der Waals surface area contributed by atoms with Crippen molar-refractivity contribution in [2.24, 2.45) is 0 Å². The predicted octanol–water partition coefficient (Wildman–Crippen LogP) is 5.94. The summed E-state index contributed by atoms with van der Waals surface area (Å²) in [5.74, 6) is 1.95. The average Bonchev–Trinajstić information content (AvgIpc) is 3.76. The van der Waals surface area contributed by atoms with Crippen LogP contribution in [0.1, 0.15) is 41.6 Å².